The third-order valence-electron chi connectivity index (χ3n) is 5.75. The van der Waals surface area contributed by atoms with E-state index in [4.69, 9.17) is 4.74 Å². The first-order valence-electron chi connectivity index (χ1n) is 9.49. The van der Waals surface area contributed by atoms with Crippen LogP contribution in [0.15, 0.2) is 42.6 Å². The molecule has 3 aromatic rings. The minimum Gasteiger partial charge on any atom is -0.464 e. The molecule has 3 heterocycles. The van der Waals surface area contributed by atoms with Gasteiger partial charge in [-0.3, -0.25) is 4.79 Å². The number of aliphatic hydroxyl groups is 1. The molecule has 1 aliphatic carbocycles. The zero-order chi connectivity index (χ0) is 21.0. The molecule has 1 aromatic carbocycles. The summed E-state index contributed by atoms with van der Waals surface area (Å²) in [6.07, 6.45) is 2.39. The summed E-state index contributed by atoms with van der Waals surface area (Å²) in [6, 6.07) is 10.7. The average molecular weight is 402 g/mol. The molecule has 0 radical (unpaired) electrons. The number of aromatic nitrogens is 3. The van der Waals surface area contributed by atoms with Crippen LogP contribution in [0.5, 0.6) is 0 Å². The van der Waals surface area contributed by atoms with Crippen LogP contribution in [0.2, 0.25) is 0 Å². The maximum atomic E-state index is 12.3. The van der Waals surface area contributed by atoms with Crippen LogP contribution in [0.25, 0.3) is 16.7 Å². The van der Waals surface area contributed by atoms with E-state index >= 15 is 0 Å². The Morgan fingerprint density at radius 3 is 2.90 bits per heavy atom. The quantitative estimate of drug-likeness (QED) is 0.510. The first kappa shape index (κ1) is 18.3. The van der Waals surface area contributed by atoms with Gasteiger partial charge in [-0.15, -0.1) is 0 Å². The van der Waals surface area contributed by atoms with Crippen molar-refractivity contribution in [1.29, 1.82) is 0 Å². The van der Waals surface area contributed by atoms with Crippen LogP contribution >= 0.6 is 0 Å². The molecule has 2 aliphatic rings. The van der Waals surface area contributed by atoms with E-state index in [0.717, 1.165) is 6.42 Å². The van der Waals surface area contributed by atoms with E-state index in [2.05, 4.69) is 21.9 Å². The number of ether oxygens (including phenoxy) is 1. The highest BCUT2D eigenvalue weighted by Crippen LogP contribution is 2.50. The first-order chi connectivity index (χ1) is 14.4. The van der Waals surface area contributed by atoms with Gasteiger partial charge in [0.05, 0.1) is 18.2 Å². The molecule has 150 valence electrons. The van der Waals surface area contributed by atoms with Crippen molar-refractivity contribution in [3.8, 4) is 17.5 Å². The highest BCUT2D eigenvalue weighted by atomic mass is 16.5. The van der Waals surface area contributed by atoms with Crippen molar-refractivity contribution in [2.45, 2.75) is 18.1 Å². The van der Waals surface area contributed by atoms with E-state index in [9.17, 15) is 14.7 Å². The topological polar surface area (TPSA) is 97.5 Å². The van der Waals surface area contributed by atoms with Crippen molar-refractivity contribution < 1.29 is 19.4 Å². The van der Waals surface area contributed by atoms with Gasteiger partial charge >= 0.3 is 5.97 Å². The SMILES string of the molecule is COC(=O)c1nn(-c2cccc(C#CC3(O)C(=O)N(C)C4CC43)c2)c2ncccc12. The van der Waals surface area contributed by atoms with Crippen LogP contribution in [-0.4, -0.2) is 62.4 Å². The standard InChI is InChI=1S/C22H18N4O4/c1-25-17-12-16(17)22(29,21(25)28)9-8-13-5-3-6-14(11-13)26-19-15(7-4-10-23-19)18(24-26)20(27)30-2/h3-7,10-11,16-17,29H,12H2,1-2H3. The van der Waals surface area contributed by atoms with Crippen LogP contribution in [0.3, 0.4) is 0 Å². The summed E-state index contributed by atoms with van der Waals surface area (Å²) >= 11 is 0. The van der Waals surface area contributed by atoms with E-state index < -0.39 is 11.6 Å². The Morgan fingerprint density at radius 1 is 1.33 bits per heavy atom. The van der Waals surface area contributed by atoms with Gasteiger partial charge in [-0.25, -0.2) is 14.5 Å². The van der Waals surface area contributed by atoms with E-state index in [1.807, 2.05) is 6.07 Å². The second kappa shape index (κ2) is 6.40. The number of amides is 1. The monoisotopic (exact) mass is 402 g/mol. The molecule has 1 N–H and O–H groups in total. The number of rotatable bonds is 2. The lowest BCUT2D eigenvalue weighted by atomic mass is 9.99. The minimum absolute atomic E-state index is 0.0846. The number of carbonyl (C=O) groups excluding carboxylic acids is 2. The van der Waals surface area contributed by atoms with Gasteiger partial charge in [0.25, 0.3) is 5.91 Å². The summed E-state index contributed by atoms with van der Waals surface area (Å²) in [5.74, 6) is 4.69. The number of benzene rings is 1. The lowest BCUT2D eigenvalue weighted by Gasteiger charge is -2.18. The van der Waals surface area contributed by atoms with E-state index in [0.29, 0.717) is 22.3 Å². The fourth-order valence-electron chi connectivity index (χ4n) is 4.05. The van der Waals surface area contributed by atoms with Crippen molar-refractivity contribution in [3.63, 3.8) is 0 Å². The number of nitrogens with zero attached hydrogens (tertiary/aromatic N) is 4. The fourth-order valence-corrected chi connectivity index (χ4v) is 4.05. The Kier molecular flexibility index (Phi) is 3.91. The Bertz CT molecular complexity index is 1270. The van der Waals surface area contributed by atoms with Gasteiger partial charge in [-0.05, 0) is 36.8 Å². The number of likely N-dealkylation sites (tertiary alicyclic amines) is 1. The molecule has 1 saturated carbocycles. The Labute approximate surface area is 172 Å². The normalized spacial score (nSPS) is 24.4. The number of methoxy groups -OCH3 is 1. The Hall–Kier alpha value is -3.70. The molecule has 8 nitrogen and oxygen atoms in total. The summed E-state index contributed by atoms with van der Waals surface area (Å²) in [4.78, 5) is 30.4. The third-order valence-corrected chi connectivity index (χ3v) is 5.75. The van der Waals surface area contributed by atoms with Gasteiger partial charge in [0.2, 0.25) is 5.60 Å². The lowest BCUT2D eigenvalue weighted by Crippen LogP contribution is -2.41. The van der Waals surface area contributed by atoms with E-state index in [-0.39, 0.29) is 23.6 Å². The third kappa shape index (κ3) is 2.60. The number of piperidine rings is 1. The number of hydrogen-bond acceptors (Lipinski definition) is 6. The number of fused-ring (bicyclic) bond motifs is 2. The van der Waals surface area contributed by atoms with Crippen LogP contribution in [0.4, 0.5) is 0 Å². The van der Waals surface area contributed by atoms with Crippen molar-refractivity contribution in [1.82, 2.24) is 19.7 Å². The number of hydrogen-bond donors (Lipinski definition) is 1. The molecule has 2 aromatic heterocycles. The molecule has 30 heavy (non-hydrogen) atoms. The van der Waals surface area contributed by atoms with Crippen molar-refractivity contribution >= 4 is 22.9 Å². The molecule has 1 amide bonds. The zero-order valence-electron chi connectivity index (χ0n) is 16.4. The smallest absolute Gasteiger partial charge is 0.359 e. The number of esters is 1. The van der Waals surface area contributed by atoms with Crippen molar-refractivity contribution in [3.05, 3.63) is 53.9 Å². The Morgan fingerprint density at radius 2 is 2.17 bits per heavy atom. The van der Waals surface area contributed by atoms with Crippen LogP contribution < -0.4 is 0 Å². The van der Waals surface area contributed by atoms with Gasteiger partial charge in [0, 0.05) is 30.8 Å². The molecular formula is C22H18N4O4. The largest absolute Gasteiger partial charge is 0.464 e. The Balaban J connectivity index is 1.55. The highest BCUT2D eigenvalue weighted by molar-refractivity contribution is 6.01. The molecule has 5 rings (SSSR count). The zero-order valence-corrected chi connectivity index (χ0v) is 16.4. The minimum atomic E-state index is -1.63. The second-order valence-electron chi connectivity index (χ2n) is 7.52. The molecule has 2 fully saturated rings. The van der Waals surface area contributed by atoms with Gasteiger partial charge in [0.15, 0.2) is 11.3 Å². The van der Waals surface area contributed by atoms with Crippen molar-refractivity contribution in [2.24, 2.45) is 5.92 Å². The van der Waals surface area contributed by atoms with E-state index in [1.165, 1.54) is 7.11 Å². The summed E-state index contributed by atoms with van der Waals surface area (Å²) < 4.78 is 6.38. The summed E-state index contributed by atoms with van der Waals surface area (Å²) in [7, 11) is 3.00. The number of likely N-dealkylation sites (N-methyl/N-ethyl adjacent to an activating group) is 1. The molecule has 3 unspecified atom stereocenters. The highest BCUT2D eigenvalue weighted by Gasteiger charge is 2.66. The van der Waals surface area contributed by atoms with E-state index in [1.54, 1.807) is 53.2 Å². The first-order valence-corrected chi connectivity index (χ1v) is 9.49. The molecule has 0 spiro atoms. The van der Waals surface area contributed by atoms with Gasteiger partial charge in [0.1, 0.15) is 0 Å². The van der Waals surface area contributed by atoms with Gasteiger partial charge < -0.3 is 14.7 Å². The van der Waals surface area contributed by atoms with Gasteiger partial charge in [-0.1, -0.05) is 17.9 Å². The molecule has 3 atom stereocenters. The second-order valence-corrected chi connectivity index (χ2v) is 7.52. The lowest BCUT2D eigenvalue weighted by molar-refractivity contribution is -0.140. The maximum Gasteiger partial charge on any atom is 0.359 e. The van der Waals surface area contributed by atoms with Crippen LogP contribution in [-0.2, 0) is 9.53 Å². The number of pyridine rings is 1. The predicted molar refractivity (Wildman–Crippen MR) is 107 cm³/mol. The number of carbonyl (C=O) groups is 2. The summed E-state index contributed by atoms with van der Waals surface area (Å²) in [5, 5.41) is 15.7. The molecular weight excluding hydrogens is 384 g/mol. The maximum absolute atomic E-state index is 12.3. The predicted octanol–water partition coefficient (Wildman–Crippen LogP) is 1.15. The summed E-state index contributed by atoms with van der Waals surface area (Å²) in [6.45, 7) is 0. The summed E-state index contributed by atoms with van der Waals surface area (Å²) in [5.41, 5.74) is 0.306. The van der Waals surface area contributed by atoms with Crippen molar-refractivity contribution in [2.75, 3.05) is 14.2 Å². The molecule has 1 aliphatic heterocycles. The average Bonchev–Trinajstić information content (AvgIpc) is 3.46. The molecule has 8 heteroatoms. The van der Waals surface area contributed by atoms with Crippen LogP contribution in [0.1, 0.15) is 22.5 Å². The van der Waals surface area contributed by atoms with Gasteiger partial charge in [-0.2, -0.15) is 5.10 Å². The molecule has 1 saturated heterocycles. The fraction of sp³-hybridized carbons (Fsp3) is 0.273. The van der Waals surface area contributed by atoms with Crippen LogP contribution in [0, 0.1) is 17.8 Å². The molecule has 0 bridgehead atoms.